The first kappa shape index (κ1) is 17.7. The van der Waals surface area contributed by atoms with Gasteiger partial charge in [0.25, 0.3) is 0 Å². The zero-order valence-corrected chi connectivity index (χ0v) is 15.4. The van der Waals surface area contributed by atoms with Crippen molar-refractivity contribution in [3.63, 3.8) is 0 Å². The van der Waals surface area contributed by atoms with Gasteiger partial charge in [-0.3, -0.25) is 5.26 Å². The largest absolute Gasteiger partial charge is 0.252 e. The van der Waals surface area contributed by atoms with E-state index in [4.69, 9.17) is 4.89 Å². The van der Waals surface area contributed by atoms with E-state index < -0.39 is 0 Å². The molecule has 0 amide bonds. The molecular weight excluding hydrogens is 284 g/mol. The maximum Gasteiger partial charge on any atom is 0.0983 e. The maximum absolute atomic E-state index is 9.54. The summed E-state index contributed by atoms with van der Waals surface area (Å²) < 4.78 is 0. The monoisotopic (exact) mass is 322 g/mol. The van der Waals surface area contributed by atoms with Crippen LogP contribution in [0, 0.1) is 35.5 Å². The van der Waals surface area contributed by atoms with Crippen LogP contribution < -0.4 is 0 Å². The molecule has 0 radical (unpaired) electrons. The molecule has 0 spiro atoms. The van der Waals surface area contributed by atoms with Gasteiger partial charge in [-0.25, -0.2) is 4.89 Å². The molecule has 0 aromatic carbocycles. The zero-order valence-electron chi connectivity index (χ0n) is 15.4. The molecule has 134 valence electrons. The molecule has 0 bridgehead atoms. The predicted octanol–water partition coefficient (Wildman–Crippen LogP) is 6.30. The quantitative estimate of drug-likeness (QED) is 0.486. The van der Waals surface area contributed by atoms with Crippen molar-refractivity contribution in [1.82, 2.24) is 0 Å². The summed E-state index contributed by atoms with van der Waals surface area (Å²) in [5.74, 6) is 5.00. The lowest BCUT2D eigenvalue weighted by molar-refractivity contribution is -0.307. The Labute approximate surface area is 143 Å². The fourth-order valence-corrected chi connectivity index (χ4v) is 5.87. The Morgan fingerprint density at radius 1 is 0.609 bits per heavy atom. The van der Waals surface area contributed by atoms with Gasteiger partial charge in [-0.2, -0.15) is 0 Å². The fraction of sp³-hybridized carbons (Fsp3) is 1.00. The Hall–Kier alpha value is -0.0800. The highest BCUT2D eigenvalue weighted by Gasteiger charge is 2.37. The van der Waals surface area contributed by atoms with Gasteiger partial charge in [-0.05, 0) is 86.9 Å². The van der Waals surface area contributed by atoms with Crippen molar-refractivity contribution in [1.29, 1.82) is 0 Å². The third kappa shape index (κ3) is 4.51. The minimum absolute atomic E-state index is 0.120. The topological polar surface area (TPSA) is 29.5 Å². The first-order valence-electron chi connectivity index (χ1n) is 10.5. The van der Waals surface area contributed by atoms with Crippen LogP contribution in [0.4, 0.5) is 0 Å². The van der Waals surface area contributed by atoms with Crippen molar-refractivity contribution in [3.05, 3.63) is 0 Å². The van der Waals surface area contributed by atoms with Gasteiger partial charge in [0.2, 0.25) is 0 Å². The van der Waals surface area contributed by atoms with Crippen LogP contribution in [0.5, 0.6) is 0 Å². The first-order valence-corrected chi connectivity index (χ1v) is 10.5. The molecule has 3 rings (SSSR count). The van der Waals surface area contributed by atoms with Gasteiger partial charge < -0.3 is 0 Å². The van der Waals surface area contributed by atoms with E-state index in [1.54, 1.807) is 0 Å². The molecule has 1 atom stereocenters. The van der Waals surface area contributed by atoms with Gasteiger partial charge in [0.05, 0.1) is 6.10 Å². The third-order valence-electron chi connectivity index (χ3n) is 7.66. The van der Waals surface area contributed by atoms with Crippen LogP contribution in [0.15, 0.2) is 0 Å². The molecule has 0 aliphatic heterocycles. The minimum atomic E-state index is 0.120. The highest BCUT2D eigenvalue weighted by atomic mass is 17.1. The molecule has 1 unspecified atom stereocenters. The van der Waals surface area contributed by atoms with Crippen LogP contribution in [0.2, 0.25) is 0 Å². The summed E-state index contributed by atoms with van der Waals surface area (Å²) in [4.78, 5) is 5.06. The smallest absolute Gasteiger partial charge is 0.0983 e. The Morgan fingerprint density at radius 3 is 1.39 bits per heavy atom. The number of hydrogen-bond donors (Lipinski definition) is 1. The molecule has 3 fully saturated rings. The molecule has 0 aromatic heterocycles. The summed E-state index contributed by atoms with van der Waals surface area (Å²) in [6.07, 6.45) is 16.4. The second-order valence-corrected chi connectivity index (χ2v) is 9.28. The van der Waals surface area contributed by atoms with E-state index in [0.717, 1.165) is 23.7 Å². The molecule has 3 saturated carbocycles. The molecule has 0 aromatic rings. The van der Waals surface area contributed by atoms with Crippen molar-refractivity contribution in [2.45, 2.75) is 97.0 Å². The summed E-state index contributed by atoms with van der Waals surface area (Å²) in [5, 5.41) is 9.54. The Morgan fingerprint density at radius 2 is 0.957 bits per heavy atom. The van der Waals surface area contributed by atoms with Crippen molar-refractivity contribution in [3.8, 4) is 0 Å². The van der Waals surface area contributed by atoms with E-state index in [0.29, 0.717) is 11.8 Å². The van der Waals surface area contributed by atoms with Crippen LogP contribution in [0.1, 0.15) is 90.9 Å². The van der Waals surface area contributed by atoms with Gasteiger partial charge in [-0.1, -0.05) is 39.5 Å². The van der Waals surface area contributed by atoms with E-state index >= 15 is 0 Å². The second kappa shape index (κ2) is 8.34. The van der Waals surface area contributed by atoms with E-state index in [9.17, 15) is 5.26 Å². The van der Waals surface area contributed by atoms with Gasteiger partial charge in [0, 0.05) is 0 Å². The first-order chi connectivity index (χ1) is 11.2. The lowest BCUT2D eigenvalue weighted by atomic mass is 9.67. The lowest BCUT2D eigenvalue weighted by Crippen LogP contribution is -2.37. The molecule has 0 heterocycles. The predicted molar refractivity (Wildman–Crippen MR) is 95.2 cm³/mol. The third-order valence-corrected chi connectivity index (χ3v) is 7.66. The summed E-state index contributed by atoms with van der Waals surface area (Å²) in [5.41, 5.74) is 0. The van der Waals surface area contributed by atoms with Gasteiger partial charge in [0.1, 0.15) is 0 Å². The number of hydrogen-bond acceptors (Lipinski definition) is 2. The van der Waals surface area contributed by atoms with Crippen LogP contribution in [-0.2, 0) is 4.89 Å². The highest BCUT2D eigenvalue weighted by Crippen LogP contribution is 2.44. The van der Waals surface area contributed by atoms with Gasteiger partial charge >= 0.3 is 0 Å². The van der Waals surface area contributed by atoms with Crippen LogP contribution in [-0.4, -0.2) is 11.4 Å². The molecule has 3 aliphatic rings. The molecule has 3 aliphatic carbocycles. The summed E-state index contributed by atoms with van der Waals surface area (Å²) in [6.45, 7) is 4.78. The van der Waals surface area contributed by atoms with Crippen molar-refractivity contribution >= 4 is 0 Å². The normalized spacial score (nSPS) is 44.0. The maximum atomic E-state index is 9.54. The molecule has 2 heteroatoms. The van der Waals surface area contributed by atoms with E-state index in [-0.39, 0.29) is 6.10 Å². The van der Waals surface area contributed by atoms with Crippen LogP contribution in [0.3, 0.4) is 0 Å². The van der Waals surface area contributed by atoms with Gasteiger partial charge in [0.15, 0.2) is 0 Å². The Kier molecular flexibility index (Phi) is 6.43. The summed E-state index contributed by atoms with van der Waals surface area (Å²) in [6, 6.07) is 0. The van der Waals surface area contributed by atoms with Crippen molar-refractivity contribution in [2.24, 2.45) is 35.5 Å². The van der Waals surface area contributed by atoms with Gasteiger partial charge in [-0.15, -0.1) is 0 Å². The Bertz CT molecular complexity index is 332. The fourth-order valence-electron chi connectivity index (χ4n) is 5.87. The Balaban J connectivity index is 1.47. The van der Waals surface area contributed by atoms with E-state index in [2.05, 4.69) is 13.8 Å². The summed E-state index contributed by atoms with van der Waals surface area (Å²) >= 11 is 0. The minimum Gasteiger partial charge on any atom is -0.252 e. The van der Waals surface area contributed by atoms with Crippen LogP contribution >= 0.6 is 0 Å². The molecule has 23 heavy (non-hydrogen) atoms. The highest BCUT2D eigenvalue weighted by molar-refractivity contribution is 4.87. The molecule has 1 N–H and O–H groups in total. The van der Waals surface area contributed by atoms with Crippen LogP contribution in [0.25, 0.3) is 0 Å². The molecular formula is C21H38O2. The zero-order chi connectivity index (χ0) is 16.2. The van der Waals surface area contributed by atoms with Crippen molar-refractivity contribution < 1.29 is 10.1 Å². The standard InChI is InChI=1S/C21H38O2/c1-15-3-7-17(8-4-15)18-11-13-20(14-12-18)21(23-22)19-9-5-16(2)6-10-19/h15-22H,3-14H2,1-2H3. The second-order valence-electron chi connectivity index (χ2n) is 9.28. The average Bonchev–Trinajstić information content (AvgIpc) is 2.59. The van der Waals surface area contributed by atoms with E-state index in [1.165, 1.54) is 77.0 Å². The molecule has 2 nitrogen and oxygen atoms in total. The van der Waals surface area contributed by atoms with Crippen molar-refractivity contribution in [2.75, 3.05) is 0 Å². The van der Waals surface area contributed by atoms with E-state index in [1.807, 2.05) is 0 Å². The SMILES string of the molecule is CC1CCC(C2CCC(C(OO)C3CCC(C)CC3)CC2)CC1. The molecule has 0 saturated heterocycles. The number of rotatable bonds is 4. The lowest BCUT2D eigenvalue weighted by Gasteiger charge is -2.41. The summed E-state index contributed by atoms with van der Waals surface area (Å²) in [7, 11) is 0. The average molecular weight is 323 g/mol.